The highest BCUT2D eigenvalue weighted by Gasteiger charge is 2.48. The molecule has 0 aromatic heterocycles. The second-order valence-corrected chi connectivity index (χ2v) is 17.8. The lowest BCUT2D eigenvalue weighted by Gasteiger charge is -2.21. The first-order valence-electron chi connectivity index (χ1n) is 17.2. The van der Waals surface area contributed by atoms with Gasteiger partial charge in [0, 0.05) is 24.7 Å². The van der Waals surface area contributed by atoms with Crippen LogP contribution in [0.5, 0.6) is 0 Å². The maximum Gasteiger partial charge on any atom is 0.178 e. The average molecular weight is 753 g/mol. The Kier molecular flexibility index (Phi) is 14.6. The smallest absolute Gasteiger partial charge is 0.178 e. The Bertz CT molecular complexity index is 1620. The van der Waals surface area contributed by atoms with Crippen LogP contribution in [-0.4, -0.2) is 117 Å². The van der Waals surface area contributed by atoms with Gasteiger partial charge in [0.15, 0.2) is 25.5 Å². The first-order valence-corrected chi connectivity index (χ1v) is 20.5. The van der Waals surface area contributed by atoms with Gasteiger partial charge in [0.05, 0.1) is 83.3 Å². The van der Waals surface area contributed by atoms with Crippen molar-refractivity contribution in [1.29, 1.82) is 0 Å². The van der Waals surface area contributed by atoms with E-state index >= 15 is 0 Å². The average Bonchev–Trinajstić information content (AvgIpc) is 3.69. The maximum atomic E-state index is 12.8. The van der Waals surface area contributed by atoms with Crippen LogP contribution >= 0.6 is 0 Å². The van der Waals surface area contributed by atoms with E-state index in [1.165, 1.54) is 12.1 Å². The Morgan fingerprint density at radius 3 is 1.65 bits per heavy atom. The molecule has 3 fully saturated rings. The SMILES string of the molecule is C=CC[C@@H]1O[C@H](CC2COC(C)(C)O2)[C@H](O)[C@H]1CS(=O)(=O)c1ccccc1.C=CC[C@@H]1O[C@H](C[C@H](O)CO)[C@H](O)[C@H]1CS(=O)(=O)c1ccccc1. The molecule has 0 saturated carbocycles. The zero-order chi connectivity index (χ0) is 37.4. The summed E-state index contributed by atoms with van der Waals surface area (Å²) in [6.07, 6.45) is -0.516. The van der Waals surface area contributed by atoms with E-state index in [4.69, 9.17) is 24.1 Å². The van der Waals surface area contributed by atoms with E-state index in [0.717, 1.165) is 0 Å². The lowest BCUT2D eigenvalue weighted by Crippen LogP contribution is -2.35. The van der Waals surface area contributed by atoms with Crippen LogP contribution in [0, 0.1) is 11.8 Å². The van der Waals surface area contributed by atoms with Crippen LogP contribution in [0.1, 0.15) is 39.5 Å². The molecule has 1 unspecified atom stereocenters. The third-order valence-corrected chi connectivity index (χ3v) is 13.0. The van der Waals surface area contributed by atoms with Gasteiger partial charge in [-0.05, 0) is 51.0 Å². The number of ether oxygens (including phenoxy) is 4. The van der Waals surface area contributed by atoms with Crippen LogP contribution in [0.3, 0.4) is 0 Å². The fourth-order valence-electron chi connectivity index (χ4n) is 6.83. The molecule has 284 valence electrons. The van der Waals surface area contributed by atoms with Gasteiger partial charge in [-0.3, -0.25) is 0 Å². The van der Waals surface area contributed by atoms with Crippen molar-refractivity contribution in [3.8, 4) is 0 Å². The summed E-state index contributed by atoms with van der Waals surface area (Å²) >= 11 is 0. The number of rotatable bonds is 15. The summed E-state index contributed by atoms with van der Waals surface area (Å²) in [5, 5.41) is 39.8. The van der Waals surface area contributed by atoms with Gasteiger partial charge in [-0.25, -0.2) is 16.8 Å². The van der Waals surface area contributed by atoms with Gasteiger partial charge in [0.1, 0.15) is 0 Å². The molecule has 0 amide bonds. The molecule has 3 saturated heterocycles. The third kappa shape index (κ3) is 11.0. The molecule has 10 atom stereocenters. The summed E-state index contributed by atoms with van der Waals surface area (Å²) in [7, 11) is -7.10. The number of sulfone groups is 2. The molecule has 0 spiro atoms. The lowest BCUT2D eigenvalue weighted by molar-refractivity contribution is -0.143. The molecule has 3 aliphatic heterocycles. The zero-order valence-electron chi connectivity index (χ0n) is 29.1. The maximum absolute atomic E-state index is 12.8. The Morgan fingerprint density at radius 1 is 0.784 bits per heavy atom. The highest BCUT2D eigenvalue weighted by Crippen LogP contribution is 2.37. The summed E-state index contributed by atoms with van der Waals surface area (Å²) in [6.45, 7) is 11.0. The van der Waals surface area contributed by atoms with Crippen LogP contribution in [0.4, 0.5) is 0 Å². The van der Waals surface area contributed by atoms with E-state index in [9.17, 15) is 32.2 Å². The molecule has 4 N–H and O–H groups in total. The normalized spacial score (nSPS) is 31.1. The number of aliphatic hydroxyl groups excluding tert-OH is 4. The van der Waals surface area contributed by atoms with Crippen LogP contribution in [0.2, 0.25) is 0 Å². The molecule has 0 radical (unpaired) electrons. The van der Waals surface area contributed by atoms with Gasteiger partial charge in [-0.15, -0.1) is 13.2 Å². The summed E-state index contributed by atoms with van der Waals surface area (Å²) in [4.78, 5) is 0.459. The molecule has 3 heterocycles. The molecule has 3 aliphatic rings. The minimum absolute atomic E-state index is 0.0488. The Balaban J connectivity index is 0.000000230. The van der Waals surface area contributed by atoms with Gasteiger partial charge < -0.3 is 39.4 Å². The highest BCUT2D eigenvalue weighted by molar-refractivity contribution is 7.91. The monoisotopic (exact) mass is 752 g/mol. The van der Waals surface area contributed by atoms with E-state index in [2.05, 4.69) is 13.2 Å². The number of hydrogen-bond acceptors (Lipinski definition) is 12. The molecule has 2 aromatic rings. The van der Waals surface area contributed by atoms with Crippen molar-refractivity contribution in [2.75, 3.05) is 24.7 Å². The van der Waals surface area contributed by atoms with Crippen molar-refractivity contribution in [2.24, 2.45) is 11.8 Å². The Morgan fingerprint density at radius 2 is 1.24 bits per heavy atom. The quantitative estimate of drug-likeness (QED) is 0.195. The van der Waals surface area contributed by atoms with Crippen molar-refractivity contribution in [1.82, 2.24) is 0 Å². The van der Waals surface area contributed by atoms with Crippen LogP contribution in [0.25, 0.3) is 0 Å². The second-order valence-electron chi connectivity index (χ2n) is 13.7. The van der Waals surface area contributed by atoms with Gasteiger partial charge in [-0.2, -0.15) is 0 Å². The lowest BCUT2D eigenvalue weighted by atomic mass is 9.94. The molecule has 5 rings (SSSR count). The van der Waals surface area contributed by atoms with Crippen molar-refractivity contribution in [3.63, 3.8) is 0 Å². The highest BCUT2D eigenvalue weighted by atomic mass is 32.2. The van der Waals surface area contributed by atoms with Gasteiger partial charge in [0.25, 0.3) is 0 Å². The third-order valence-electron chi connectivity index (χ3n) is 9.40. The molecule has 12 nitrogen and oxygen atoms in total. The fraction of sp³-hybridized carbons (Fsp3) is 0.568. The van der Waals surface area contributed by atoms with Crippen LogP contribution in [0.15, 0.2) is 95.8 Å². The van der Waals surface area contributed by atoms with Crippen LogP contribution < -0.4 is 0 Å². The number of hydrogen-bond donors (Lipinski definition) is 4. The van der Waals surface area contributed by atoms with Crippen molar-refractivity contribution < 1.29 is 56.2 Å². The Hall–Kier alpha value is -2.50. The summed E-state index contributed by atoms with van der Waals surface area (Å²) in [5.74, 6) is -2.20. The minimum atomic E-state index is -3.57. The molecule has 0 bridgehead atoms. The predicted octanol–water partition coefficient (Wildman–Crippen LogP) is 2.85. The molecule has 0 aliphatic carbocycles. The summed E-state index contributed by atoms with van der Waals surface area (Å²) in [6, 6.07) is 16.4. The number of benzene rings is 2. The van der Waals surface area contributed by atoms with E-state index in [-0.39, 0.29) is 33.8 Å². The molecule has 14 heteroatoms. The number of aliphatic hydroxyl groups is 4. The van der Waals surface area contributed by atoms with Crippen LogP contribution in [-0.2, 0) is 38.6 Å². The first-order chi connectivity index (χ1) is 24.1. The van der Waals surface area contributed by atoms with Crippen molar-refractivity contribution in [2.45, 2.75) is 104 Å². The minimum Gasteiger partial charge on any atom is -0.394 e. The predicted molar refractivity (Wildman–Crippen MR) is 190 cm³/mol. The second kappa shape index (κ2) is 18.0. The molecule has 51 heavy (non-hydrogen) atoms. The molecular weight excluding hydrogens is 701 g/mol. The molecule has 2 aromatic carbocycles. The fourth-order valence-corrected chi connectivity index (χ4v) is 10.2. The zero-order valence-corrected chi connectivity index (χ0v) is 30.8. The first kappa shape index (κ1) is 41.3. The summed E-state index contributed by atoms with van der Waals surface area (Å²) < 4.78 is 73.9. The van der Waals surface area contributed by atoms with E-state index in [1.54, 1.807) is 60.7 Å². The van der Waals surface area contributed by atoms with Gasteiger partial charge in [0.2, 0.25) is 0 Å². The Labute approximate surface area is 301 Å². The van der Waals surface area contributed by atoms with E-state index in [0.29, 0.717) is 25.9 Å². The van der Waals surface area contributed by atoms with Gasteiger partial charge in [-0.1, -0.05) is 48.6 Å². The van der Waals surface area contributed by atoms with Gasteiger partial charge >= 0.3 is 0 Å². The standard InChI is InChI=1S/C20H28O6S.C17H24O6S/c1-4-8-17-16(13-27(22,23)15-9-6-5-7-10-15)19(21)18(25-17)11-14-12-24-20(2,3)26-14;1-2-6-15-14(17(20)16(23-15)9-12(19)10-18)11-24(21,22)13-7-4-3-5-8-13/h4-7,9-10,14,16-19,21H,1,8,11-13H2,2-3H3;2-5,7-8,12,14-20H,1,6,9-11H2/t14?,16-,17-,18+,19+;12-,14-,15-,16+,17+/m00/s1. The topological polar surface area (TPSA) is 186 Å². The van der Waals surface area contributed by atoms with E-state index in [1.807, 2.05) is 13.8 Å². The molecular formula is C37H52O12S2. The summed E-state index contributed by atoms with van der Waals surface area (Å²) in [5.41, 5.74) is 0. The van der Waals surface area contributed by atoms with Crippen molar-refractivity contribution in [3.05, 3.63) is 86.0 Å². The van der Waals surface area contributed by atoms with E-state index < -0.39 is 86.6 Å². The largest absolute Gasteiger partial charge is 0.394 e. The van der Waals surface area contributed by atoms with Crippen molar-refractivity contribution >= 4 is 19.7 Å².